The highest BCUT2D eigenvalue weighted by Crippen LogP contribution is 2.66. The third kappa shape index (κ3) is 2.42. The molecule has 0 saturated heterocycles. The Morgan fingerprint density at radius 1 is 1.17 bits per heavy atom. The number of aliphatic hydroxyl groups excluding tert-OH is 2. The van der Waals surface area contributed by atoms with Crippen molar-refractivity contribution in [2.45, 2.75) is 71.2 Å². The molecule has 3 N–H and O–H groups in total. The predicted octanol–water partition coefficient (Wildman–Crippen LogP) is 2.90. The molecule has 1 aliphatic heterocycles. The van der Waals surface area contributed by atoms with Gasteiger partial charge in [-0.1, -0.05) is 27.7 Å². The van der Waals surface area contributed by atoms with Gasteiger partial charge in [0.15, 0.2) is 12.6 Å². The molecule has 29 heavy (non-hydrogen) atoms. The maximum atomic E-state index is 11.8. The second kappa shape index (κ2) is 6.29. The highest BCUT2D eigenvalue weighted by Gasteiger charge is 2.69. The molecule has 1 spiro atoms. The first-order chi connectivity index (χ1) is 13.5. The number of hydrogen-bond acceptors (Lipinski definition) is 6. The van der Waals surface area contributed by atoms with Crippen LogP contribution in [0, 0.1) is 22.7 Å². The standard InChI is InChI=1S/C23H30O6/c1-12-16(26)8-18-21(2,3)19(28)5-6-22(18,4)23(12)9-14-17(27)7-13(10-24)15(11-25)20(14)29-23/h7,10-12,16,18-19,26-28H,5-6,8-9H2,1-4H3/t12-,16+,18+,19-,22+,23?/m1/s1. The van der Waals surface area contributed by atoms with Crippen molar-refractivity contribution in [2.75, 3.05) is 0 Å². The zero-order chi connectivity index (χ0) is 21.4. The van der Waals surface area contributed by atoms with Gasteiger partial charge in [-0.05, 0) is 36.7 Å². The second-order valence-corrected chi connectivity index (χ2v) is 10.0. The molecular formula is C23H30O6. The lowest BCUT2D eigenvalue weighted by Gasteiger charge is -2.64. The van der Waals surface area contributed by atoms with Gasteiger partial charge in [0.1, 0.15) is 17.1 Å². The molecule has 1 aromatic carbocycles. The van der Waals surface area contributed by atoms with E-state index in [0.29, 0.717) is 43.8 Å². The van der Waals surface area contributed by atoms with Crippen LogP contribution in [0.5, 0.6) is 11.5 Å². The Morgan fingerprint density at radius 2 is 1.86 bits per heavy atom. The summed E-state index contributed by atoms with van der Waals surface area (Å²) in [6.07, 6.45) is 2.28. The number of aromatic hydroxyl groups is 1. The van der Waals surface area contributed by atoms with E-state index in [9.17, 15) is 24.9 Å². The van der Waals surface area contributed by atoms with Crippen LogP contribution in [0.1, 0.15) is 73.2 Å². The minimum Gasteiger partial charge on any atom is -0.508 e. The third-order valence-electron chi connectivity index (χ3n) is 8.62. The number of phenolic OH excluding ortho intramolecular Hbond substituents is 1. The number of aliphatic hydroxyl groups is 2. The highest BCUT2D eigenvalue weighted by atomic mass is 16.5. The summed E-state index contributed by atoms with van der Waals surface area (Å²) >= 11 is 0. The average molecular weight is 402 g/mol. The Balaban J connectivity index is 1.91. The van der Waals surface area contributed by atoms with Crippen molar-refractivity contribution in [3.63, 3.8) is 0 Å². The van der Waals surface area contributed by atoms with Gasteiger partial charge in [-0.2, -0.15) is 0 Å². The Bertz CT molecular complexity index is 877. The Kier molecular flexibility index (Phi) is 4.41. The fourth-order valence-corrected chi connectivity index (χ4v) is 6.66. The third-order valence-corrected chi connectivity index (χ3v) is 8.62. The molecule has 6 heteroatoms. The summed E-state index contributed by atoms with van der Waals surface area (Å²) in [5.41, 5.74) is -0.885. The van der Waals surface area contributed by atoms with Crippen LogP contribution < -0.4 is 4.74 Å². The van der Waals surface area contributed by atoms with Crippen LogP contribution in [0.15, 0.2) is 6.07 Å². The molecule has 1 aromatic rings. The van der Waals surface area contributed by atoms with Gasteiger partial charge in [-0.3, -0.25) is 9.59 Å². The number of rotatable bonds is 2. The predicted molar refractivity (Wildman–Crippen MR) is 106 cm³/mol. The Morgan fingerprint density at radius 3 is 2.48 bits per heavy atom. The minimum atomic E-state index is -0.841. The zero-order valence-corrected chi connectivity index (χ0v) is 17.4. The van der Waals surface area contributed by atoms with Crippen molar-refractivity contribution in [2.24, 2.45) is 22.7 Å². The van der Waals surface area contributed by atoms with Crippen LogP contribution in [0.4, 0.5) is 0 Å². The van der Waals surface area contributed by atoms with E-state index in [4.69, 9.17) is 4.74 Å². The molecule has 0 aromatic heterocycles. The molecular weight excluding hydrogens is 372 g/mol. The molecule has 1 heterocycles. The molecule has 0 radical (unpaired) electrons. The van der Waals surface area contributed by atoms with Gasteiger partial charge in [0.2, 0.25) is 0 Å². The van der Waals surface area contributed by atoms with Crippen LogP contribution in [0.3, 0.4) is 0 Å². The normalized spacial score (nSPS) is 40.1. The molecule has 0 bridgehead atoms. The largest absolute Gasteiger partial charge is 0.508 e. The van der Waals surface area contributed by atoms with Crippen molar-refractivity contribution in [3.05, 3.63) is 22.8 Å². The Hall–Kier alpha value is -1.92. The van der Waals surface area contributed by atoms with Crippen LogP contribution in [-0.2, 0) is 6.42 Å². The van der Waals surface area contributed by atoms with Gasteiger partial charge in [-0.15, -0.1) is 0 Å². The number of benzene rings is 1. The van der Waals surface area contributed by atoms with Gasteiger partial charge in [0.05, 0.1) is 17.8 Å². The molecule has 3 aliphatic rings. The summed E-state index contributed by atoms with van der Waals surface area (Å²) in [6, 6.07) is 1.32. The van der Waals surface area contributed by atoms with E-state index >= 15 is 0 Å². The topological polar surface area (TPSA) is 104 Å². The van der Waals surface area contributed by atoms with E-state index in [0.717, 1.165) is 0 Å². The lowest BCUT2D eigenvalue weighted by molar-refractivity contribution is -0.236. The molecule has 2 aliphatic carbocycles. The van der Waals surface area contributed by atoms with E-state index in [1.54, 1.807) is 0 Å². The molecule has 2 fully saturated rings. The van der Waals surface area contributed by atoms with E-state index in [1.165, 1.54) is 6.07 Å². The van der Waals surface area contributed by atoms with Gasteiger partial charge >= 0.3 is 0 Å². The first-order valence-corrected chi connectivity index (χ1v) is 10.4. The van der Waals surface area contributed by atoms with Crippen molar-refractivity contribution in [3.8, 4) is 11.5 Å². The number of fused-ring (bicyclic) bond motifs is 3. The number of carbonyl (C=O) groups is 2. The molecule has 158 valence electrons. The summed E-state index contributed by atoms with van der Waals surface area (Å²) in [4.78, 5) is 23.2. The molecule has 6 atom stereocenters. The van der Waals surface area contributed by atoms with Crippen LogP contribution in [-0.4, -0.2) is 45.7 Å². The van der Waals surface area contributed by atoms with Crippen molar-refractivity contribution in [1.82, 2.24) is 0 Å². The minimum absolute atomic E-state index is 0.00775. The zero-order valence-electron chi connectivity index (χ0n) is 17.4. The number of hydrogen-bond donors (Lipinski definition) is 3. The van der Waals surface area contributed by atoms with Gasteiger partial charge in [-0.25, -0.2) is 0 Å². The lowest BCUT2D eigenvalue weighted by atomic mass is 9.43. The van der Waals surface area contributed by atoms with Crippen molar-refractivity contribution < 1.29 is 29.6 Å². The average Bonchev–Trinajstić information content (AvgIpc) is 3.09. The maximum absolute atomic E-state index is 11.8. The smallest absolute Gasteiger partial charge is 0.154 e. The van der Waals surface area contributed by atoms with E-state index < -0.39 is 23.2 Å². The summed E-state index contributed by atoms with van der Waals surface area (Å²) in [5.74, 6) is -0.0635. The monoisotopic (exact) mass is 402 g/mol. The fraction of sp³-hybridized carbons (Fsp3) is 0.652. The number of ether oxygens (including phenoxy) is 1. The van der Waals surface area contributed by atoms with Crippen molar-refractivity contribution >= 4 is 12.6 Å². The summed E-state index contributed by atoms with van der Waals surface area (Å²) < 4.78 is 6.57. The van der Waals surface area contributed by atoms with Crippen LogP contribution >= 0.6 is 0 Å². The van der Waals surface area contributed by atoms with Gasteiger partial charge < -0.3 is 20.1 Å². The van der Waals surface area contributed by atoms with E-state index in [1.807, 2.05) is 20.8 Å². The number of carbonyl (C=O) groups excluding carboxylic acids is 2. The fourth-order valence-electron chi connectivity index (χ4n) is 6.66. The molecule has 4 rings (SSSR count). The quantitative estimate of drug-likeness (QED) is 0.657. The van der Waals surface area contributed by atoms with Gasteiger partial charge in [0, 0.05) is 28.9 Å². The molecule has 1 unspecified atom stereocenters. The second-order valence-electron chi connectivity index (χ2n) is 10.0. The van der Waals surface area contributed by atoms with E-state index in [2.05, 4.69) is 6.92 Å². The number of phenols is 1. The molecule has 2 saturated carbocycles. The Labute approximate surface area is 170 Å². The maximum Gasteiger partial charge on any atom is 0.154 e. The van der Waals surface area contributed by atoms with Crippen molar-refractivity contribution in [1.29, 1.82) is 0 Å². The van der Waals surface area contributed by atoms with E-state index in [-0.39, 0.29) is 39.9 Å². The summed E-state index contributed by atoms with van der Waals surface area (Å²) in [5, 5.41) is 32.3. The van der Waals surface area contributed by atoms with Crippen LogP contribution in [0.25, 0.3) is 0 Å². The summed E-state index contributed by atoms with van der Waals surface area (Å²) in [7, 11) is 0. The highest BCUT2D eigenvalue weighted by molar-refractivity contribution is 5.95. The first-order valence-electron chi connectivity index (χ1n) is 10.4. The van der Waals surface area contributed by atoms with Crippen LogP contribution in [0.2, 0.25) is 0 Å². The first kappa shape index (κ1) is 20.4. The lowest BCUT2D eigenvalue weighted by Crippen LogP contribution is -2.69. The molecule has 6 nitrogen and oxygen atoms in total. The molecule has 0 amide bonds. The SMILES string of the molecule is C[C@@H]1[C@@H](O)C[C@H]2C(C)(C)[C@H](O)CC[C@]2(C)C12Cc1c(O)cc(C=O)c(C=O)c1O2. The summed E-state index contributed by atoms with van der Waals surface area (Å²) in [6.45, 7) is 8.18. The number of aldehydes is 2. The van der Waals surface area contributed by atoms with Gasteiger partial charge in [0.25, 0.3) is 0 Å².